The average molecular weight is 584 g/mol. The lowest BCUT2D eigenvalue weighted by molar-refractivity contribution is -0.121. The summed E-state index contributed by atoms with van der Waals surface area (Å²) in [7, 11) is -3.57. The van der Waals surface area contributed by atoms with Crippen LogP contribution in [-0.4, -0.2) is 44.2 Å². The normalized spacial score (nSPS) is 16.1. The molecular weight excluding hydrogens is 558 g/mol. The van der Waals surface area contributed by atoms with Crippen molar-refractivity contribution in [2.45, 2.75) is 30.7 Å². The van der Waals surface area contributed by atoms with Crippen molar-refractivity contribution in [2.75, 3.05) is 29.9 Å². The first-order valence-corrected chi connectivity index (χ1v) is 14.3. The zero-order valence-electron chi connectivity index (χ0n) is 20.0. The molecule has 0 unspecified atom stereocenters. The van der Waals surface area contributed by atoms with Crippen LogP contribution in [0.3, 0.4) is 0 Å². The second kappa shape index (κ2) is 10.6. The number of amides is 2. The summed E-state index contributed by atoms with van der Waals surface area (Å²) in [5.41, 5.74) is 2.35. The largest absolute Gasteiger partial charge is 0.482 e. The summed E-state index contributed by atoms with van der Waals surface area (Å²) in [5.74, 6) is -0.00392. The summed E-state index contributed by atoms with van der Waals surface area (Å²) >= 11 is 3.42. The number of ether oxygens (including phenoxy) is 1. The number of carbonyl (C=O) groups excluding carboxylic acids is 2. The van der Waals surface area contributed by atoms with Crippen molar-refractivity contribution >= 4 is 49.1 Å². The standard InChI is InChI=1S/C27H26BrN3O5S/c28-21-8-4-19(5-9-21)17-31-24-16-22(10-13-25(24)36-18-26(31)32)29-27(33)20-6-11-23(12-7-20)37(34,35)30-14-2-1-3-15-30/h4-13,16H,1-3,14-15,17-18H2,(H,29,33). The fourth-order valence-corrected chi connectivity index (χ4v) is 6.24. The molecule has 2 amide bonds. The molecule has 37 heavy (non-hydrogen) atoms. The molecule has 3 aromatic carbocycles. The van der Waals surface area contributed by atoms with Crippen molar-refractivity contribution in [1.29, 1.82) is 0 Å². The van der Waals surface area contributed by atoms with Crippen molar-refractivity contribution in [1.82, 2.24) is 4.31 Å². The van der Waals surface area contributed by atoms with Gasteiger partial charge in [0.05, 0.1) is 17.1 Å². The number of hydrogen-bond donors (Lipinski definition) is 1. The lowest BCUT2D eigenvalue weighted by Crippen LogP contribution is -2.38. The van der Waals surface area contributed by atoms with Crippen LogP contribution in [0.2, 0.25) is 0 Å². The van der Waals surface area contributed by atoms with Gasteiger partial charge in [-0.15, -0.1) is 0 Å². The average Bonchev–Trinajstić information content (AvgIpc) is 2.92. The third kappa shape index (κ3) is 5.56. The Kier molecular flexibility index (Phi) is 7.32. The van der Waals surface area contributed by atoms with Gasteiger partial charge in [0.15, 0.2) is 6.61 Å². The van der Waals surface area contributed by atoms with Gasteiger partial charge in [0.2, 0.25) is 10.0 Å². The van der Waals surface area contributed by atoms with Gasteiger partial charge in [0.1, 0.15) is 5.75 Å². The molecule has 0 aliphatic carbocycles. The van der Waals surface area contributed by atoms with E-state index in [0.717, 1.165) is 29.3 Å². The van der Waals surface area contributed by atoms with Crippen LogP contribution in [-0.2, 0) is 21.4 Å². The minimum Gasteiger partial charge on any atom is -0.482 e. The van der Waals surface area contributed by atoms with E-state index in [2.05, 4.69) is 21.2 Å². The molecular formula is C27H26BrN3O5S. The molecule has 0 radical (unpaired) electrons. The van der Waals surface area contributed by atoms with Gasteiger partial charge in [-0.1, -0.05) is 34.5 Å². The van der Waals surface area contributed by atoms with Crippen molar-refractivity contribution in [3.63, 3.8) is 0 Å². The zero-order chi connectivity index (χ0) is 26.0. The molecule has 2 heterocycles. The van der Waals surface area contributed by atoms with Crippen molar-refractivity contribution < 1.29 is 22.7 Å². The molecule has 3 aromatic rings. The Morgan fingerprint density at radius 2 is 1.65 bits per heavy atom. The molecule has 10 heteroatoms. The highest BCUT2D eigenvalue weighted by molar-refractivity contribution is 9.10. The van der Waals surface area contributed by atoms with Crippen molar-refractivity contribution in [3.05, 3.63) is 82.3 Å². The highest BCUT2D eigenvalue weighted by Crippen LogP contribution is 2.36. The Bertz CT molecular complexity index is 1420. The van der Waals surface area contributed by atoms with E-state index >= 15 is 0 Å². The molecule has 1 N–H and O–H groups in total. The molecule has 0 spiro atoms. The lowest BCUT2D eigenvalue weighted by atomic mass is 10.1. The SMILES string of the molecule is O=C(Nc1ccc2c(c1)N(Cc1ccc(Br)cc1)C(=O)CO2)c1ccc(S(=O)(=O)N2CCCCC2)cc1. The monoisotopic (exact) mass is 583 g/mol. The van der Waals surface area contributed by atoms with Gasteiger partial charge >= 0.3 is 0 Å². The Labute approximate surface area is 224 Å². The van der Waals surface area contributed by atoms with E-state index in [1.807, 2.05) is 24.3 Å². The van der Waals surface area contributed by atoms with Crippen LogP contribution >= 0.6 is 15.9 Å². The van der Waals surface area contributed by atoms with Crippen LogP contribution in [0, 0.1) is 0 Å². The number of anilines is 2. The van der Waals surface area contributed by atoms with Crippen LogP contribution in [0.5, 0.6) is 5.75 Å². The molecule has 0 aromatic heterocycles. The summed E-state index contributed by atoms with van der Waals surface area (Å²) < 4.78 is 33.8. The van der Waals surface area contributed by atoms with Gasteiger partial charge in [-0.25, -0.2) is 8.42 Å². The summed E-state index contributed by atoms with van der Waals surface area (Å²) in [6.07, 6.45) is 2.76. The second-order valence-corrected chi connectivity index (χ2v) is 11.9. The Morgan fingerprint density at radius 1 is 0.946 bits per heavy atom. The van der Waals surface area contributed by atoms with Gasteiger partial charge in [-0.2, -0.15) is 4.31 Å². The highest BCUT2D eigenvalue weighted by Gasteiger charge is 2.27. The predicted octanol–water partition coefficient (Wildman–Crippen LogP) is 4.80. The van der Waals surface area contributed by atoms with E-state index in [1.54, 1.807) is 23.1 Å². The third-order valence-electron chi connectivity index (χ3n) is 6.48. The summed E-state index contributed by atoms with van der Waals surface area (Å²) in [5, 5.41) is 2.84. The van der Waals surface area contributed by atoms with Crippen LogP contribution < -0.4 is 15.0 Å². The van der Waals surface area contributed by atoms with E-state index in [9.17, 15) is 18.0 Å². The fourth-order valence-electron chi connectivity index (χ4n) is 4.46. The maximum Gasteiger partial charge on any atom is 0.265 e. The number of sulfonamides is 1. The highest BCUT2D eigenvalue weighted by atomic mass is 79.9. The molecule has 5 rings (SSSR count). The minimum atomic E-state index is -3.57. The number of halogens is 1. The Morgan fingerprint density at radius 3 is 2.35 bits per heavy atom. The van der Waals surface area contributed by atoms with E-state index in [-0.39, 0.29) is 23.3 Å². The predicted molar refractivity (Wildman–Crippen MR) is 144 cm³/mol. The van der Waals surface area contributed by atoms with Gasteiger partial charge in [0, 0.05) is 28.8 Å². The van der Waals surface area contributed by atoms with Crippen LogP contribution in [0.1, 0.15) is 35.2 Å². The first kappa shape index (κ1) is 25.4. The molecule has 0 bridgehead atoms. The smallest absolute Gasteiger partial charge is 0.265 e. The van der Waals surface area contributed by atoms with E-state index in [0.29, 0.717) is 42.3 Å². The minimum absolute atomic E-state index is 0.0537. The molecule has 8 nitrogen and oxygen atoms in total. The summed E-state index contributed by atoms with van der Waals surface area (Å²) in [4.78, 5) is 27.4. The van der Waals surface area contributed by atoms with Crippen LogP contribution in [0.25, 0.3) is 0 Å². The van der Waals surface area contributed by atoms with E-state index in [1.165, 1.54) is 28.6 Å². The molecule has 1 saturated heterocycles. The topological polar surface area (TPSA) is 96.0 Å². The second-order valence-electron chi connectivity index (χ2n) is 9.02. The lowest BCUT2D eigenvalue weighted by Gasteiger charge is -2.30. The Hall–Kier alpha value is -3.21. The molecule has 2 aliphatic rings. The van der Waals surface area contributed by atoms with Crippen LogP contribution in [0.15, 0.2) is 76.1 Å². The van der Waals surface area contributed by atoms with Gasteiger partial charge in [-0.3, -0.25) is 9.59 Å². The maximum absolute atomic E-state index is 12.9. The maximum atomic E-state index is 12.9. The Balaban J connectivity index is 1.32. The first-order valence-electron chi connectivity index (χ1n) is 12.0. The zero-order valence-corrected chi connectivity index (χ0v) is 22.4. The van der Waals surface area contributed by atoms with Gasteiger partial charge in [0.25, 0.3) is 11.8 Å². The molecule has 2 aliphatic heterocycles. The number of piperidine rings is 1. The molecule has 0 atom stereocenters. The van der Waals surface area contributed by atoms with Crippen LogP contribution in [0.4, 0.5) is 11.4 Å². The number of nitrogens with one attached hydrogen (secondary N) is 1. The number of hydrogen-bond acceptors (Lipinski definition) is 5. The van der Waals surface area contributed by atoms with E-state index in [4.69, 9.17) is 4.74 Å². The van der Waals surface area contributed by atoms with Crippen molar-refractivity contribution in [2.24, 2.45) is 0 Å². The van der Waals surface area contributed by atoms with Gasteiger partial charge < -0.3 is 15.0 Å². The number of carbonyl (C=O) groups is 2. The summed E-state index contributed by atoms with van der Waals surface area (Å²) in [6.45, 7) is 1.36. The van der Waals surface area contributed by atoms with Crippen molar-refractivity contribution in [3.8, 4) is 5.75 Å². The fraction of sp³-hybridized carbons (Fsp3) is 0.259. The number of benzene rings is 3. The quantitative estimate of drug-likeness (QED) is 0.449. The molecule has 0 saturated carbocycles. The number of fused-ring (bicyclic) bond motifs is 1. The molecule has 192 valence electrons. The number of rotatable bonds is 6. The third-order valence-corrected chi connectivity index (χ3v) is 8.92. The molecule has 1 fully saturated rings. The summed E-state index contributed by atoms with van der Waals surface area (Å²) in [6, 6.07) is 18.8. The number of nitrogens with zero attached hydrogens (tertiary/aromatic N) is 2. The van der Waals surface area contributed by atoms with E-state index < -0.39 is 10.0 Å². The van der Waals surface area contributed by atoms with Gasteiger partial charge in [-0.05, 0) is 73.0 Å². The first-order chi connectivity index (χ1) is 17.8.